The molecule has 0 aliphatic carbocycles. The lowest BCUT2D eigenvalue weighted by atomic mass is 10.2. The second-order valence-corrected chi connectivity index (χ2v) is 6.58. The van der Waals surface area contributed by atoms with Gasteiger partial charge in [-0.2, -0.15) is 0 Å². The molecular weight excluding hydrogens is 358 g/mol. The highest BCUT2D eigenvalue weighted by atomic mass is 16.5. The SMILES string of the molecule is COc1ccc(C(=O)N(C)CC(=O)Nc2ccc(N3CCOCC3)cc2)cc1. The summed E-state index contributed by atoms with van der Waals surface area (Å²) < 4.78 is 10.4. The summed E-state index contributed by atoms with van der Waals surface area (Å²) in [7, 11) is 3.18. The monoisotopic (exact) mass is 383 g/mol. The van der Waals surface area contributed by atoms with E-state index < -0.39 is 0 Å². The minimum atomic E-state index is -0.247. The first-order valence-corrected chi connectivity index (χ1v) is 9.19. The van der Waals surface area contributed by atoms with Crippen LogP contribution in [0.4, 0.5) is 11.4 Å². The Kier molecular flexibility index (Phi) is 6.49. The van der Waals surface area contributed by atoms with Crippen LogP contribution >= 0.6 is 0 Å². The molecule has 1 saturated heterocycles. The van der Waals surface area contributed by atoms with Crippen molar-refractivity contribution in [3.63, 3.8) is 0 Å². The van der Waals surface area contributed by atoms with Crippen LogP contribution in [0.3, 0.4) is 0 Å². The molecule has 148 valence electrons. The standard InChI is InChI=1S/C21H25N3O4/c1-23(21(26)16-3-9-19(27-2)10-4-16)15-20(25)22-17-5-7-18(8-6-17)24-11-13-28-14-12-24/h3-10H,11-15H2,1-2H3,(H,22,25). The molecule has 1 fully saturated rings. The van der Waals surface area contributed by atoms with E-state index in [9.17, 15) is 9.59 Å². The zero-order chi connectivity index (χ0) is 19.9. The molecule has 2 aromatic carbocycles. The average molecular weight is 383 g/mol. The lowest BCUT2D eigenvalue weighted by Gasteiger charge is -2.28. The Balaban J connectivity index is 1.53. The number of nitrogens with zero attached hydrogens (tertiary/aromatic N) is 2. The molecule has 0 radical (unpaired) electrons. The maximum Gasteiger partial charge on any atom is 0.254 e. The largest absolute Gasteiger partial charge is 0.497 e. The predicted octanol–water partition coefficient (Wildman–Crippen LogP) is 2.24. The van der Waals surface area contributed by atoms with Gasteiger partial charge in [0.2, 0.25) is 5.91 Å². The lowest BCUT2D eigenvalue weighted by molar-refractivity contribution is -0.116. The van der Waals surface area contributed by atoms with Crippen molar-refractivity contribution in [3.05, 3.63) is 54.1 Å². The fourth-order valence-electron chi connectivity index (χ4n) is 3.02. The summed E-state index contributed by atoms with van der Waals surface area (Å²) >= 11 is 0. The molecule has 1 N–H and O–H groups in total. The smallest absolute Gasteiger partial charge is 0.254 e. The maximum atomic E-state index is 12.4. The lowest BCUT2D eigenvalue weighted by Crippen LogP contribution is -2.36. The zero-order valence-corrected chi connectivity index (χ0v) is 16.2. The topological polar surface area (TPSA) is 71.1 Å². The predicted molar refractivity (Wildman–Crippen MR) is 108 cm³/mol. The number of morpholine rings is 1. The molecule has 0 spiro atoms. The van der Waals surface area contributed by atoms with Crippen molar-refractivity contribution in [1.29, 1.82) is 0 Å². The van der Waals surface area contributed by atoms with Crippen molar-refractivity contribution in [2.24, 2.45) is 0 Å². The van der Waals surface area contributed by atoms with Gasteiger partial charge in [0.05, 0.1) is 26.9 Å². The number of hydrogen-bond donors (Lipinski definition) is 1. The summed E-state index contributed by atoms with van der Waals surface area (Å²) in [6.45, 7) is 3.16. The van der Waals surface area contributed by atoms with Crippen molar-refractivity contribution in [3.8, 4) is 5.75 Å². The highest BCUT2D eigenvalue weighted by Crippen LogP contribution is 2.19. The van der Waals surface area contributed by atoms with E-state index in [0.29, 0.717) is 17.0 Å². The fraction of sp³-hybridized carbons (Fsp3) is 0.333. The van der Waals surface area contributed by atoms with Crippen LogP contribution in [0.15, 0.2) is 48.5 Å². The van der Waals surface area contributed by atoms with Crippen LogP contribution in [0.1, 0.15) is 10.4 Å². The quantitative estimate of drug-likeness (QED) is 0.828. The molecule has 1 aliphatic heterocycles. The Labute approximate surface area is 164 Å². The number of ether oxygens (including phenoxy) is 2. The summed E-state index contributed by atoms with van der Waals surface area (Å²) in [6, 6.07) is 14.5. The molecule has 28 heavy (non-hydrogen) atoms. The number of methoxy groups -OCH3 is 1. The molecule has 7 nitrogen and oxygen atoms in total. The highest BCUT2D eigenvalue weighted by molar-refractivity contribution is 5.99. The molecule has 2 amide bonds. The van der Waals surface area contributed by atoms with Gasteiger partial charge in [0.25, 0.3) is 5.91 Å². The van der Waals surface area contributed by atoms with Gasteiger partial charge in [-0.25, -0.2) is 0 Å². The van der Waals surface area contributed by atoms with Gasteiger partial charge in [-0.05, 0) is 48.5 Å². The minimum Gasteiger partial charge on any atom is -0.497 e. The molecular formula is C21H25N3O4. The molecule has 2 aromatic rings. The molecule has 0 aromatic heterocycles. The third kappa shape index (κ3) is 5.01. The van der Waals surface area contributed by atoms with Gasteiger partial charge < -0.3 is 24.6 Å². The number of nitrogens with one attached hydrogen (secondary N) is 1. The van der Waals surface area contributed by atoms with E-state index in [2.05, 4.69) is 10.2 Å². The molecule has 0 bridgehead atoms. The summed E-state index contributed by atoms with van der Waals surface area (Å²) in [4.78, 5) is 28.4. The second kappa shape index (κ2) is 9.23. The average Bonchev–Trinajstić information content (AvgIpc) is 2.74. The first-order chi connectivity index (χ1) is 13.6. The van der Waals surface area contributed by atoms with E-state index in [1.807, 2.05) is 24.3 Å². The number of carbonyl (C=O) groups excluding carboxylic acids is 2. The first kappa shape index (κ1) is 19.7. The van der Waals surface area contributed by atoms with Crippen molar-refractivity contribution in [2.75, 3.05) is 57.2 Å². The zero-order valence-electron chi connectivity index (χ0n) is 16.2. The summed E-state index contributed by atoms with van der Waals surface area (Å²) in [6.07, 6.45) is 0. The molecule has 0 saturated carbocycles. The van der Waals surface area contributed by atoms with Gasteiger partial charge in [-0.3, -0.25) is 9.59 Å². The summed E-state index contributed by atoms with van der Waals surface area (Å²) in [5.41, 5.74) is 2.31. The molecule has 1 aliphatic rings. The van der Waals surface area contributed by atoms with Crippen LogP contribution in [-0.4, -0.2) is 63.7 Å². The summed E-state index contributed by atoms with van der Waals surface area (Å²) in [5, 5.41) is 2.83. The number of rotatable bonds is 6. The maximum absolute atomic E-state index is 12.4. The molecule has 0 atom stereocenters. The van der Waals surface area contributed by atoms with E-state index in [-0.39, 0.29) is 18.4 Å². The van der Waals surface area contributed by atoms with Crippen LogP contribution in [0.5, 0.6) is 5.75 Å². The third-order valence-corrected chi connectivity index (χ3v) is 4.59. The molecule has 1 heterocycles. The number of carbonyl (C=O) groups is 2. The number of benzene rings is 2. The van der Waals surface area contributed by atoms with Gasteiger partial charge in [-0.15, -0.1) is 0 Å². The Bertz CT molecular complexity index is 799. The number of anilines is 2. The Hall–Kier alpha value is -3.06. The van der Waals surface area contributed by atoms with Gasteiger partial charge in [0, 0.05) is 37.1 Å². The normalized spacial score (nSPS) is 13.7. The fourth-order valence-corrected chi connectivity index (χ4v) is 3.02. The second-order valence-electron chi connectivity index (χ2n) is 6.58. The Morgan fingerprint density at radius 1 is 1.07 bits per heavy atom. The minimum absolute atomic E-state index is 0.0317. The first-order valence-electron chi connectivity index (χ1n) is 9.19. The van der Waals surface area contributed by atoms with Crippen molar-refractivity contribution in [1.82, 2.24) is 4.90 Å². The van der Waals surface area contributed by atoms with Crippen LogP contribution in [-0.2, 0) is 9.53 Å². The number of hydrogen-bond acceptors (Lipinski definition) is 5. The van der Waals surface area contributed by atoms with Gasteiger partial charge in [-0.1, -0.05) is 0 Å². The summed E-state index contributed by atoms with van der Waals surface area (Å²) in [5.74, 6) is 0.210. The van der Waals surface area contributed by atoms with Gasteiger partial charge >= 0.3 is 0 Å². The van der Waals surface area contributed by atoms with Crippen LogP contribution in [0.25, 0.3) is 0 Å². The molecule has 3 rings (SSSR count). The van der Waals surface area contributed by atoms with E-state index in [1.54, 1.807) is 38.4 Å². The van der Waals surface area contributed by atoms with Crippen molar-refractivity contribution >= 4 is 23.2 Å². The van der Waals surface area contributed by atoms with Crippen molar-refractivity contribution in [2.45, 2.75) is 0 Å². The number of amides is 2. The van der Waals surface area contributed by atoms with Crippen LogP contribution in [0.2, 0.25) is 0 Å². The van der Waals surface area contributed by atoms with E-state index in [4.69, 9.17) is 9.47 Å². The Morgan fingerprint density at radius 3 is 2.32 bits per heavy atom. The van der Waals surface area contributed by atoms with E-state index in [0.717, 1.165) is 32.0 Å². The van der Waals surface area contributed by atoms with Gasteiger partial charge in [0.1, 0.15) is 5.75 Å². The molecule has 7 heteroatoms. The van der Waals surface area contributed by atoms with Crippen molar-refractivity contribution < 1.29 is 19.1 Å². The van der Waals surface area contributed by atoms with E-state index in [1.165, 1.54) is 4.90 Å². The number of likely N-dealkylation sites (N-methyl/N-ethyl adjacent to an activating group) is 1. The van der Waals surface area contributed by atoms with Gasteiger partial charge in [0.15, 0.2) is 0 Å². The third-order valence-electron chi connectivity index (χ3n) is 4.59. The van der Waals surface area contributed by atoms with Crippen LogP contribution in [0, 0.1) is 0 Å². The highest BCUT2D eigenvalue weighted by Gasteiger charge is 2.16. The van der Waals surface area contributed by atoms with E-state index >= 15 is 0 Å². The molecule has 0 unspecified atom stereocenters. The Morgan fingerprint density at radius 2 is 1.71 bits per heavy atom. The van der Waals surface area contributed by atoms with Crippen LogP contribution < -0.4 is 15.0 Å².